The Morgan fingerprint density at radius 1 is 1.45 bits per heavy atom. The highest BCUT2D eigenvalue weighted by Gasteiger charge is 2.40. The van der Waals surface area contributed by atoms with Crippen molar-refractivity contribution >= 4 is 5.96 Å². The molecule has 3 atom stereocenters. The summed E-state index contributed by atoms with van der Waals surface area (Å²) in [5.74, 6) is 1.72. The Kier molecular flexibility index (Phi) is 5.34. The Balaban J connectivity index is 1.27. The first kappa shape index (κ1) is 15.4. The first-order valence-corrected chi connectivity index (χ1v) is 8.08. The minimum Gasteiger partial charge on any atom is -0.467 e. The van der Waals surface area contributed by atoms with Crippen molar-refractivity contribution in [2.45, 2.75) is 50.5 Å². The van der Waals surface area contributed by atoms with Crippen LogP contribution in [0.15, 0.2) is 27.8 Å². The summed E-state index contributed by atoms with van der Waals surface area (Å²) in [7, 11) is 1.80. The van der Waals surface area contributed by atoms with Crippen LogP contribution in [0.25, 0.3) is 0 Å². The molecule has 2 N–H and O–H groups in total. The van der Waals surface area contributed by atoms with Crippen LogP contribution in [-0.2, 0) is 16.1 Å². The molecule has 2 aliphatic rings. The largest absolute Gasteiger partial charge is 0.467 e. The number of aliphatic imine (C=N–C) groups is 1. The van der Waals surface area contributed by atoms with Crippen LogP contribution in [0.5, 0.6) is 0 Å². The number of hydrogen-bond donors (Lipinski definition) is 2. The molecule has 0 aromatic carbocycles. The van der Waals surface area contributed by atoms with E-state index in [2.05, 4.69) is 15.6 Å². The zero-order valence-corrected chi connectivity index (χ0v) is 13.1. The van der Waals surface area contributed by atoms with E-state index >= 15 is 0 Å². The molecule has 0 saturated carbocycles. The van der Waals surface area contributed by atoms with Gasteiger partial charge < -0.3 is 24.5 Å². The summed E-state index contributed by atoms with van der Waals surface area (Å²) in [6.07, 6.45) is 6.87. The molecule has 6 heteroatoms. The molecule has 3 rings (SSSR count). The zero-order valence-electron chi connectivity index (χ0n) is 13.1. The van der Waals surface area contributed by atoms with Crippen molar-refractivity contribution in [2.24, 2.45) is 4.99 Å². The van der Waals surface area contributed by atoms with Crippen LogP contribution in [0.1, 0.15) is 31.4 Å². The van der Waals surface area contributed by atoms with Crippen molar-refractivity contribution in [3.8, 4) is 0 Å². The number of guanidine groups is 1. The van der Waals surface area contributed by atoms with Crippen molar-refractivity contribution < 1.29 is 13.9 Å². The molecular weight excluding hydrogens is 282 g/mol. The Morgan fingerprint density at radius 3 is 3.09 bits per heavy atom. The number of furan rings is 1. The number of hydrogen-bond acceptors (Lipinski definition) is 4. The van der Waals surface area contributed by atoms with Crippen LogP contribution in [0.4, 0.5) is 0 Å². The zero-order chi connectivity index (χ0) is 15.2. The van der Waals surface area contributed by atoms with Crippen LogP contribution in [0.3, 0.4) is 0 Å². The molecule has 6 nitrogen and oxygen atoms in total. The van der Waals surface area contributed by atoms with Gasteiger partial charge >= 0.3 is 0 Å². The van der Waals surface area contributed by atoms with E-state index < -0.39 is 0 Å². The highest BCUT2D eigenvalue weighted by molar-refractivity contribution is 5.80. The van der Waals surface area contributed by atoms with Gasteiger partial charge in [0.1, 0.15) is 12.4 Å². The Hall–Kier alpha value is -1.53. The van der Waals surface area contributed by atoms with Gasteiger partial charge in [0.15, 0.2) is 5.96 Å². The van der Waals surface area contributed by atoms with Crippen molar-refractivity contribution in [2.75, 3.05) is 20.2 Å². The number of fused-ring (bicyclic) bond motifs is 2. The molecular formula is C16H25N3O3. The molecule has 0 amide bonds. The predicted octanol–water partition coefficient (Wildman–Crippen LogP) is 1.67. The number of nitrogens with one attached hydrogen (secondary N) is 2. The Bertz CT molecular complexity index is 475. The fourth-order valence-electron chi connectivity index (χ4n) is 3.11. The smallest absolute Gasteiger partial charge is 0.191 e. The summed E-state index contributed by atoms with van der Waals surface area (Å²) in [5.41, 5.74) is 0. The molecule has 1 aromatic heterocycles. The summed E-state index contributed by atoms with van der Waals surface area (Å²) in [4.78, 5) is 4.28. The van der Waals surface area contributed by atoms with E-state index in [1.54, 1.807) is 13.3 Å². The van der Waals surface area contributed by atoms with E-state index in [0.29, 0.717) is 31.5 Å². The van der Waals surface area contributed by atoms with Crippen LogP contribution >= 0.6 is 0 Å². The van der Waals surface area contributed by atoms with Gasteiger partial charge in [-0.3, -0.25) is 4.99 Å². The lowest BCUT2D eigenvalue weighted by Crippen LogP contribution is -2.47. The summed E-state index contributed by atoms with van der Waals surface area (Å²) in [6.45, 7) is 2.06. The SMILES string of the molecule is CN=C(NCCCOCc1ccco1)NC1CC2CCC1O2. The average molecular weight is 307 g/mol. The van der Waals surface area contributed by atoms with E-state index in [0.717, 1.165) is 31.1 Å². The number of rotatable bonds is 7. The lowest BCUT2D eigenvalue weighted by Gasteiger charge is -2.22. The number of ether oxygens (including phenoxy) is 2. The topological polar surface area (TPSA) is 68.0 Å². The molecule has 1 aromatic rings. The second kappa shape index (κ2) is 7.65. The van der Waals surface area contributed by atoms with Crippen LogP contribution in [-0.4, -0.2) is 44.4 Å². The summed E-state index contributed by atoms with van der Waals surface area (Å²) in [5, 5.41) is 6.80. The van der Waals surface area contributed by atoms with Gasteiger partial charge in [-0.25, -0.2) is 0 Å². The van der Waals surface area contributed by atoms with Gasteiger partial charge in [-0.05, 0) is 37.8 Å². The molecule has 122 valence electrons. The van der Waals surface area contributed by atoms with E-state index in [9.17, 15) is 0 Å². The molecule has 2 bridgehead atoms. The lowest BCUT2D eigenvalue weighted by atomic mass is 9.96. The fourth-order valence-corrected chi connectivity index (χ4v) is 3.11. The molecule has 22 heavy (non-hydrogen) atoms. The monoisotopic (exact) mass is 307 g/mol. The third-order valence-electron chi connectivity index (χ3n) is 4.23. The van der Waals surface area contributed by atoms with Gasteiger partial charge in [0, 0.05) is 20.2 Å². The van der Waals surface area contributed by atoms with E-state index in [1.165, 1.54) is 12.8 Å². The minimum absolute atomic E-state index is 0.361. The quantitative estimate of drug-likeness (QED) is 0.456. The molecule has 0 spiro atoms. The van der Waals surface area contributed by atoms with Crippen LogP contribution < -0.4 is 10.6 Å². The maximum atomic E-state index is 5.85. The second-order valence-electron chi connectivity index (χ2n) is 5.84. The lowest BCUT2D eigenvalue weighted by molar-refractivity contribution is 0.0991. The Labute approximate surface area is 131 Å². The Morgan fingerprint density at radius 2 is 2.41 bits per heavy atom. The van der Waals surface area contributed by atoms with Crippen molar-refractivity contribution in [1.82, 2.24) is 10.6 Å². The van der Waals surface area contributed by atoms with Crippen LogP contribution in [0, 0.1) is 0 Å². The standard InChI is InChI=1S/C16H25N3O3/c1-17-16(19-14-10-12-5-6-15(14)22-12)18-7-3-8-20-11-13-4-2-9-21-13/h2,4,9,12,14-15H,3,5-8,10-11H2,1H3,(H2,17,18,19). The van der Waals surface area contributed by atoms with Crippen molar-refractivity contribution in [3.63, 3.8) is 0 Å². The van der Waals surface area contributed by atoms with Gasteiger partial charge in [0.2, 0.25) is 0 Å². The highest BCUT2D eigenvalue weighted by Crippen LogP contribution is 2.34. The highest BCUT2D eigenvalue weighted by atomic mass is 16.5. The summed E-state index contributed by atoms with van der Waals surface area (Å²) < 4.78 is 16.6. The molecule has 2 saturated heterocycles. The first-order chi connectivity index (χ1) is 10.8. The maximum absolute atomic E-state index is 5.85. The van der Waals surface area contributed by atoms with Gasteiger partial charge in [0.05, 0.1) is 24.5 Å². The first-order valence-electron chi connectivity index (χ1n) is 8.08. The number of nitrogens with zero attached hydrogens (tertiary/aromatic N) is 1. The molecule has 2 fully saturated rings. The summed E-state index contributed by atoms with van der Waals surface area (Å²) >= 11 is 0. The molecule has 0 radical (unpaired) electrons. The van der Waals surface area contributed by atoms with Gasteiger partial charge in [-0.1, -0.05) is 0 Å². The van der Waals surface area contributed by atoms with E-state index in [1.807, 2.05) is 12.1 Å². The molecule has 2 aliphatic heterocycles. The van der Waals surface area contributed by atoms with Gasteiger partial charge in [-0.2, -0.15) is 0 Å². The van der Waals surface area contributed by atoms with Crippen molar-refractivity contribution in [1.29, 1.82) is 0 Å². The fraction of sp³-hybridized carbons (Fsp3) is 0.688. The molecule has 3 unspecified atom stereocenters. The third-order valence-corrected chi connectivity index (χ3v) is 4.23. The molecule has 0 aliphatic carbocycles. The maximum Gasteiger partial charge on any atom is 0.191 e. The average Bonchev–Trinajstić information content (AvgIpc) is 3.26. The van der Waals surface area contributed by atoms with Crippen LogP contribution in [0.2, 0.25) is 0 Å². The van der Waals surface area contributed by atoms with E-state index in [-0.39, 0.29) is 0 Å². The molecule has 3 heterocycles. The van der Waals surface area contributed by atoms with Crippen molar-refractivity contribution in [3.05, 3.63) is 24.2 Å². The second-order valence-corrected chi connectivity index (χ2v) is 5.84. The van der Waals surface area contributed by atoms with E-state index in [4.69, 9.17) is 13.9 Å². The predicted molar refractivity (Wildman–Crippen MR) is 83.8 cm³/mol. The van der Waals surface area contributed by atoms with Gasteiger partial charge in [-0.15, -0.1) is 0 Å². The third kappa shape index (κ3) is 4.01. The normalized spacial score (nSPS) is 27.3. The summed E-state index contributed by atoms with van der Waals surface area (Å²) in [6, 6.07) is 4.19. The van der Waals surface area contributed by atoms with Gasteiger partial charge in [0.25, 0.3) is 0 Å². The minimum atomic E-state index is 0.361.